The van der Waals surface area contributed by atoms with E-state index in [2.05, 4.69) is 5.32 Å². The molecule has 0 unspecified atom stereocenters. The van der Waals surface area contributed by atoms with Crippen LogP contribution in [0.3, 0.4) is 0 Å². The second-order valence-electron chi connectivity index (χ2n) is 5.40. The van der Waals surface area contributed by atoms with Gasteiger partial charge in [-0.05, 0) is 30.1 Å². The van der Waals surface area contributed by atoms with E-state index in [1.807, 2.05) is 36.6 Å². The number of benzene rings is 1. The second-order valence-corrected chi connectivity index (χ2v) is 8.06. The van der Waals surface area contributed by atoms with Gasteiger partial charge in [0.2, 0.25) is 5.91 Å². The summed E-state index contributed by atoms with van der Waals surface area (Å²) in [6.07, 6.45) is 3.80. The van der Waals surface area contributed by atoms with Crippen molar-refractivity contribution in [2.75, 3.05) is 18.6 Å². The molecule has 2 rings (SSSR count). The van der Waals surface area contributed by atoms with Crippen molar-refractivity contribution in [3.8, 4) is 0 Å². The van der Waals surface area contributed by atoms with Gasteiger partial charge in [-0.25, -0.2) is 0 Å². The predicted molar refractivity (Wildman–Crippen MR) is 106 cm³/mol. The van der Waals surface area contributed by atoms with Crippen LogP contribution in [0.2, 0.25) is 0 Å². The van der Waals surface area contributed by atoms with Gasteiger partial charge >= 0.3 is 0 Å². The van der Waals surface area contributed by atoms with E-state index in [-0.39, 0.29) is 23.2 Å². The topological polar surface area (TPSA) is 89.5 Å². The van der Waals surface area contributed by atoms with Crippen LogP contribution in [0.15, 0.2) is 35.2 Å². The van der Waals surface area contributed by atoms with Gasteiger partial charge in [0, 0.05) is 0 Å². The Labute approximate surface area is 165 Å². The molecule has 1 saturated heterocycles. The number of hydrogen-bond acceptors (Lipinski definition) is 7. The molecule has 1 heterocycles. The summed E-state index contributed by atoms with van der Waals surface area (Å²) >= 11 is 7.77. The number of thiocarbonyl (C=S) groups is 1. The van der Waals surface area contributed by atoms with Crippen LogP contribution in [-0.2, 0) is 14.4 Å². The van der Waals surface area contributed by atoms with Crippen LogP contribution < -0.4 is 10.4 Å². The Morgan fingerprint density at radius 1 is 1.38 bits per heavy atom. The quantitative estimate of drug-likeness (QED) is 0.503. The maximum absolute atomic E-state index is 12.5. The minimum absolute atomic E-state index is 0.252. The van der Waals surface area contributed by atoms with Gasteiger partial charge in [-0.2, -0.15) is 11.8 Å². The van der Waals surface area contributed by atoms with Gasteiger partial charge in [-0.1, -0.05) is 54.3 Å². The third-order valence-electron chi connectivity index (χ3n) is 3.50. The molecule has 1 N–H and O–H groups in total. The molecule has 0 saturated carbocycles. The van der Waals surface area contributed by atoms with E-state index >= 15 is 0 Å². The van der Waals surface area contributed by atoms with Crippen molar-refractivity contribution in [3.05, 3.63) is 40.8 Å². The molecule has 1 aromatic carbocycles. The zero-order valence-electron chi connectivity index (χ0n) is 14.0. The average Bonchev–Trinajstić information content (AvgIpc) is 2.86. The molecule has 0 spiro atoms. The zero-order chi connectivity index (χ0) is 19.1. The Hall–Kier alpha value is -1.84. The van der Waals surface area contributed by atoms with Gasteiger partial charge in [0.15, 0.2) is 0 Å². The lowest BCUT2D eigenvalue weighted by atomic mass is 10.2. The zero-order valence-corrected chi connectivity index (χ0v) is 16.4. The molecular weight excluding hydrogens is 392 g/mol. The molecule has 1 aliphatic rings. The van der Waals surface area contributed by atoms with Crippen molar-refractivity contribution < 1.29 is 19.5 Å². The molecule has 1 aromatic rings. The lowest BCUT2D eigenvalue weighted by Crippen LogP contribution is -2.51. The highest BCUT2D eigenvalue weighted by Crippen LogP contribution is 2.32. The Kier molecular flexibility index (Phi) is 7.67. The van der Waals surface area contributed by atoms with Crippen molar-refractivity contribution >= 4 is 63.9 Å². The number of carbonyl (C=O) groups is 3. The van der Waals surface area contributed by atoms with E-state index in [1.54, 1.807) is 6.08 Å². The third-order valence-corrected chi connectivity index (χ3v) is 5.52. The molecule has 2 amide bonds. The summed E-state index contributed by atoms with van der Waals surface area (Å²) in [4.78, 5) is 37.3. The average molecular weight is 410 g/mol. The summed E-state index contributed by atoms with van der Waals surface area (Å²) in [5.41, 5.74) is 0.853. The number of carboxylic acids is 1. The van der Waals surface area contributed by atoms with E-state index in [1.165, 1.54) is 16.7 Å². The minimum atomic E-state index is -1.35. The van der Waals surface area contributed by atoms with Crippen LogP contribution in [0.5, 0.6) is 0 Å². The molecule has 1 aliphatic heterocycles. The summed E-state index contributed by atoms with van der Waals surface area (Å²) in [5, 5.41) is 13.5. The molecule has 0 radical (unpaired) electrons. The second kappa shape index (κ2) is 9.75. The smallest absolute Gasteiger partial charge is 0.266 e. The summed E-state index contributed by atoms with van der Waals surface area (Å²) in [7, 11) is 0. The number of aliphatic carboxylic acids is 1. The van der Waals surface area contributed by atoms with Crippen molar-refractivity contribution in [1.82, 2.24) is 10.2 Å². The van der Waals surface area contributed by atoms with Crippen LogP contribution in [0.25, 0.3) is 6.08 Å². The highest BCUT2D eigenvalue weighted by atomic mass is 32.2. The van der Waals surface area contributed by atoms with Gasteiger partial charge in [0.1, 0.15) is 10.9 Å². The summed E-state index contributed by atoms with van der Waals surface area (Å²) in [5.74, 6) is -1.73. The van der Waals surface area contributed by atoms with Crippen molar-refractivity contribution in [1.29, 1.82) is 0 Å². The number of thioether (sulfide) groups is 2. The molecule has 26 heavy (non-hydrogen) atoms. The van der Waals surface area contributed by atoms with Crippen molar-refractivity contribution in [3.63, 3.8) is 0 Å². The number of hydrogen-bond donors (Lipinski definition) is 1. The number of amides is 2. The van der Waals surface area contributed by atoms with E-state index in [0.29, 0.717) is 10.7 Å². The lowest BCUT2D eigenvalue weighted by Gasteiger charge is -2.21. The molecule has 0 aliphatic carbocycles. The summed E-state index contributed by atoms with van der Waals surface area (Å²) < 4.78 is 0.265. The van der Waals surface area contributed by atoms with Gasteiger partial charge in [-0.15, -0.1) is 0 Å². The largest absolute Gasteiger partial charge is 0.548 e. The van der Waals surface area contributed by atoms with Crippen LogP contribution in [0, 0.1) is 0 Å². The molecule has 1 fully saturated rings. The Balaban J connectivity index is 2.01. The Bertz CT molecular complexity index is 737. The standard InChI is InChI=1S/C17H18N2O4S3/c1-25-8-7-12(16(22)23)18-14(20)10-19-15(21)13(26-17(19)24)9-11-5-3-2-4-6-11/h2-6,9,12H,7-8,10H2,1H3,(H,18,20)(H,22,23)/p-1/b13-9-/t12-/m1/s1. The molecule has 0 aromatic heterocycles. The number of nitrogens with one attached hydrogen (secondary N) is 1. The fourth-order valence-corrected chi connectivity index (χ4v) is 3.93. The predicted octanol–water partition coefficient (Wildman–Crippen LogP) is 0.876. The first-order chi connectivity index (χ1) is 12.4. The molecule has 1 atom stereocenters. The first-order valence-corrected chi connectivity index (χ1v) is 10.3. The summed E-state index contributed by atoms with van der Waals surface area (Å²) in [6, 6.07) is 8.21. The van der Waals surface area contributed by atoms with Crippen LogP contribution in [-0.4, -0.2) is 51.6 Å². The van der Waals surface area contributed by atoms with Gasteiger partial charge < -0.3 is 15.2 Å². The first-order valence-electron chi connectivity index (χ1n) is 7.72. The Morgan fingerprint density at radius 3 is 2.69 bits per heavy atom. The van der Waals surface area contributed by atoms with E-state index < -0.39 is 17.9 Å². The van der Waals surface area contributed by atoms with Crippen molar-refractivity contribution in [2.24, 2.45) is 0 Å². The SMILES string of the molecule is CSCC[C@@H](NC(=O)CN1C(=O)/C(=C/c2ccccc2)SC1=S)C(=O)[O-]. The summed E-state index contributed by atoms with van der Waals surface area (Å²) in [6.45, 7) is -0.320. The number of nitrogens with zero attached hydrogens (tertiary/aromatic N) is 1. The minimum Gasteiger partial charge on any atom is -0.548 e. The molecule has 0 bridgehead atoms. The third kappa shape index (κ3) is 5.58. The maximum Gasteiger partial charge on any atom is 0.266 e. The van der Waals surface area contributed by atoms with Gasteiger partial charge in [0.05, 0.1) is 16.9 Å². The first kappa shape index (κ1) is 20.5. The monoisotopic (exact) mass is 409 g/mol. The lowest BCUT2D eigenvalue weighted by molar-refractivity contribution is -0.308. The molecule has 138 valence electrons. The maximum atomic E-state index is 12.5. The number of carbonyl (C=O) groups excluding carboxylic acids is 3. The molecule has 9 heteroatoms. The number of carboxylic acid groups (broad SMARTS) is 1. The number of rotatable bonds is 8. The van der Waals surface area contributed by atoms with Gasteiger partial charge in [-0.3, -0.25) is 14.5 Å². The molecule has 6 nitrogen and oxygen atoms in total. The highest BCUT2D eigenvalue weighted by molar-refractivity contribution is 8.26. The van der Waals surface area contributed by atoms with Crippen molar-refractivity contribution in [2.45, 2.75) is 12.5 Å². The fraction of sp³-hybridized carbons (Fsp3) is 0.294. The fourth-order valence-electron chi connectivity index (χ4n) is 2.21. The normalized spacial score (nSPS) is 16.8. The van der Waals surface area contributed by atoms with Gasteiger partial charge in [0.25, 0.3) is 5.91 Å². The Morgan fingerprint density at radius 2 is 2.08 bits per heavy atom. The van der Waals surface area contributed by atoms with Crippen LogP contribution in [0.1, 0.15) is 12.0 Å². The highest BCUT2D eigenvalue weighted by Gasteiger charge is 2.33. The van der Waals surface area contributed by atoms with E-state index in [0.717, 1.165) is 17.3 Å². The van der Waals surface area contributed by atoms with E-state index in [4.69, 9.17) is 12.2 Å². The van der Waals surface area contributed by atoms with E-state index in [9.17, 15) is 19.5 Å². The molecular formula is C17H17N2O4S3-. The van der Waals surface area contributed by atoms with Crippen LogP contribution >= 0.6 is 35.7 Å². The van der Waals surface area contributed by atoms with Crippen LogP contribution in [0.4, 0.5) is 0 Å².